The van der Waals surface area contributed by atoms with Gasteiger partial charge in [-0.3, -0.25) is 0 Å². The summed E-state index contributed by atoms with van der Waals surface area (Å²) in [6.45, 7) is 5.09. The predicted molar refractivity (Wildman–Crippen MR) is 79.1 cm³/mol. The molecule has 1 unspecified atom stereocenters. The van der Waals surface area contributed by atoms with Crippen LogP contribution in [0.4, 0.5) is 4.39 Å². The van der Waals surface area contributed by atoms with E-state index in [1.165, 1.54) is 18.9 Å². The first kappa shape index (κ1) is 15.6. The second-order valence-electron chi connectivity index (χ2n) is 5.09. The number of hydrogen-bond donors (Lipinski definition) is 1. The van der Waals surface area contributed by atoms with Gasteiger partial charge in [0, 0.05) is 0 Å². The van der Waals surface area contributed by atoms with Gasteiger partial charge in [-0.05, 0) is 64.8 Å². The van der Waals surface area contributed by atoms with Crippen LogP contribution in [0.5, 0.6) is 0 Å². The molecule has 0 amide bonds. The van der Waals surface area contributed by atoms with Gasteiger partial charge in [-0.1, -0.05) is 32.8 Å². The molecule has 18 heavy (non-hydrogen) atoms. The fourth-order valence-electron chi connectivity index (χ4n) is 2.34. The molecule has 0 radical (unpaired) electrons. The molecule has 3 heteroatoms. The Hall–Kier alpha value is -0.410. The first-order chi connectivity index (χ1) is 8.56. The van der Waals surface area contributed by atoms with E-state index in [0.717, 1.165) is 24.8 Å². The molecule has 1 nitrogen and oxygen atoms in total. The lowest BCUT2D eigenvalue weighted by Crippen LogP contribution is -2.32. The average molecular weight is 316 g/mol. The molecule has 0 aliphatic heterocycles. The van der Waals surface area contributed by atoms with Gasteiger partial charge in [0.25, 0.3) is 0 Å². The third kappa shape index (κ3) is 4.06. The molecular weight excluding hydrogens is 293 g/mol. The lowest BCUT2D eigenvalue weighted by Gasteiger charge is -2.32. The maximum atomic E-state index is 13.2. The Kier molecular flexibility index (Phi) is 6.30. The van der Waals surface area contributed by atoms with E-state index in [4.69, 9.17) is 5.73 Å². The fourth-order valence-corrected chi connectivity index (χ4v) is 2.77. The monoisotopic (exact) mass is 315 g/mol. The predicted octanol–water partition coefficient (Wildman–Crippen LogP) is 4.68. The molecule has 0 aliphatic rings. The van der Waals surface area contributed by atoms with Crippen LogP contribution in [0.15, 0.2) is 22.7 Å². The van der Waals surface area contributed by atoms with E-state index in [0.29, 0.717) is 11.0 Å². The van der Waals surface area contributed by atoms with Gasteiger partial charge in [0.2, 0.25) is 0 Å². The van der Waals surface area contributed by atoms with Gasteiger partial charge in [0.05, 0.1) is 4.47 Å². The van der Waals surface area contributed by atoms with Crippen LogP contribution in [0.1, 0.15) is 45.1 Å². The average Bonchev–Trinajstić information content (AvgIpc) is 2.39. The molecule has 0 saturated carbocycles. The quantitative estimate of drug-likeness (QED) is 0.777. The summed E-state index contributed by atoms with van der Waals surface area (Å²) in [6.07, 6.45) is 5.53. The summed E-state index contributed by atoms with van der Waals surface area (Å²) < 4.78 is 13.8. The minimum absolute atomic E-state index is 0.160. The Morgan fingerprint density at radius 2 is 2.06 bits per heavy atom. The second-order valence-corrected chi connectivity index (χ2v) is 5.94. The lowest BCUT2D eigenvalue weighted by molar-refractivity contribution is 0.251. The number of benzene rings is 1. The van der Waals surface area contributed by atoms with Crippen molar-refractivity contribution in [3.8, 4) is 0 Å². The molecule has 0 fully saturated rings. The molecule has 0 heterocycles. The van der Waals surface area contributed by atoms with Gasteiger partial charge < -0.3 is 5.73 Å². The normalized spacial score (nSPS) is 14.5. The molecular formula is C15H23BrFN. The van der Waals surface area contributed by atoms with Crippen molar-refractivity contribution < 1.29 is 4.39 Å². The Morgan fingerprint density at radius 3 is 2.56 bits per heavy atom. The van der Waals surface area contributed by atoms with Crippen molar-refractivity contribution in [1.82, 2.24) is 0 Å². The summed E-state index contributed by atoms with van der Waals surface area (Å²) >= 11 is 3.24. The van der Waals surface area contributed by atoms with Crippen LogP contribution in [0, 0.1) is 11.2 Å². The van der Waals surface area contributed by atoms with Gasteiger partial charge in [0.1, 0.15) is 5.82 Å². The van der Waals surface area contributed by atoms with Gasteiger partial charge in [-0.25, -0.2) is 4.39 Å². The van der Waals surface area contributed by atoms with Crippen molar-refractivity contribution in [2.75, 3.05) is 6.54 Å². The molecule has 1 aromatic carbocycles. The fraction of sp³-hybridized carbons (Fsp3) is 0.600. The molecule has 0 aliphatic carbocycles. The zero-order valence-electron chi connectivity index (χ0n) is 11.3. The Bertz CT molecular complexity index is 375. The molecule has 0 bridgehead atoms. The zero-order chi connectivity index (χ0) is 13.6. The minimum Gasteiger partial charge on any atom is -0.330 e. The van der Waals surface area contributed by atoms with E-state index in [1.807, 2.05) is 12.1 Å². The number of nitrogens with two attached hydrogens (primary N) is 1. The van der Waals surface area contributed by atoms with Crippen molar-refractivity contribution in [3.05, 3.63) is 34.1 Å². The van der Waals surface area contributed by atoms with Crippen LogP contribution in [-0.4, -0.2) is 6.54 Å². The van der Waals surface area contributed by atoms with Crippen LogP contribution in [0.3, 0.4) is 0 Å². The highest BCUT2D eigenvalue weighted by Crippen LogP contribution is 2.33. The third-order valence-corrected chi connectivity index (χ3v) is 4.41. The van der Waals surface area contributed by atoms with Crippen molar-refractivity contribution >= 4 is 15.9 Å². The number of unbranched alkanes of at least 4 members (excludes halogenated alkanes) is 1. The van der Waals surface area contributed by atoms with Gasteiger partial charge in [-0.2, -0.15) is 0 Å². The SMILES string of the molecule is CCCCC(CC)(CN)Cc1ccc(F)c(Br)c1. The lowest BCUT2D eigenvalue weighted by atomic mass is 9.75. The summed E-state index contributed by atoms with van der Waals surface area (Å²) in [4.78, 5) is 0. The number of rotatable bonds is 7. The van der Waals surface area contributed by atoms with Crippen LogP contribution in [0.2, 0.25) is 0 Å². The summed E-state index contributed by atoms with van der Waals surface area (Å²) in [5.41, 5.74) is 7.31. The highest BCUT2D eigenvalue weighted by molar-refractivity contribution is 9.10. The first-order valence-corrected chi connectivity index (χ1v) is 7.50. The van der Waals surface area contributed by atoms with Gasteiger partial charge in [-0.15, -0.1) is 0 Å². The molecule has 102 valence electrons. The van der Waals surface area contributed by atoms with E-state index in [-0.39, 0.29) is 11.2 Å². The van der Waals surface area contributed by atoms with Crippen LogP contribution in [-0.2, 0) is 6.42 Å². The van der Waals surface area contributed by atoms with Crippen molar-refractivity contribution in [2.24, 2.45) is 11.1 Å². The van der Waals surface area contributed by atoms with Crippen LogP contribution >= 0.6 is 15.9 Å². The topological polar surface area (TPSA) is 26.0 Å². The summed E-state index contributed by atoms with van der Waals surface area (Å²) in [5.74, 6) is -0.206. The summed E-state index contributed by atoms with van der Waals surface area (Å²) in [7, 11) is 0. The number of hydrogen-bond acceptors (Lipinski definition) is 1. The minimum atomic E-state index is -0.206. The van der Waals surface area contributed by atoms with Gasteiger partial charge in [0.15, 0.2) is 0 Å². The smallest absolute Gasteiger partial charge is 0.137 e. The molecule has 1 atom stereocenters. The third-order valence-electron chi connectivity index (χ3n) is 3.81. The van der Waals surface area contributed by atoms with E-state index in [1.54, 1.807) is 0 Å². The molecule has 1 aromatic rings. The van der Waals surface area contributed by atoms with Crippen molar-refractivity contribution in [2.45, 2.75) is 46.0 Å². The summed E-state index contributed by atoms with van der Waals surface area (Å²) in [6, 6.07) is 5.27. The summed E-state index contributed by atoms with van der Waals surface area (Å²) in [5, 5.41) is 0. The Morgan fingerprint density at radius 1 is 1.33 bits per heavy atom. The molecule has 0 spiro atoms. The Labute approximate surface area is 118 Å². The molecule has 1 rings (SSSR count). The largest absolute Gasteiger partial charge is 0.330 e. The van der Waals surface area contributed by atoms with Crippen molar-refractivity contribution in [3.63, 3.8) is 0 Å². The van der Waals surface area contributed by atoms with Gasteiger partial charge >= 0.3 is 0 Å². The molecule has 0 aromatic heterocycles. The number of halogens is 2. The first-order valence-electron chi connectivity index (χ1n) is 6.71. The van der Waals surface area contributed by atoms with E-state index in [9.17, 15) is 4.39 Å². The van der Waals surface area contributed by atoms with E-state index < -0.39 is 0 Å². The highest BCUT2D eigenvalue weighted by Gasteiger charge is 2.26. The maximum absolute atomic E-state index is 13.2. The highest BCUT2D eigenvalue weighted by atomic mass is 79.9. The zero-order valence-corrected chi connectivity index (χ0v) is 12.9. The molecule has 0 saturated heterocycles. The standard InChI is InChI=1S/C15H23BrFN/c1-3-5-8-15(4-2,11-18)10-12-6-7-14(17)13(16)9-12/h6-7,9H,3-5,8,10-11,18H2,1-2H3. The molecule has 2 N–H and O–H groups in total. The maximum Gasteiger partial charge on any atom is 0.137 e. The van der Waals surface area contributed by atoms with E-state index >= 15 is 0 Å². The van der Waals surface area contributed by atoms with Crippen molar-refractivity contribution in [1.29, 1.82) is 0 Å². The second kappa shape index (κ2) is 7.25. The van der Waals surface area contributed by atoms with Crippen LogP contribution < -0.4 is 5.73 Å². The van der Waals surface area contributed by atoms with Crippen LogP contribution in [0.25, 0.3) is 0 Å². The Balaban J connectivity index is 2.84. The van der Waals surface area contributed by atoms with E-state index in [2.05, 4.69) is 29.8 Å².